The second-order valence-electron chi connectivity index (χ2n) is 4.77. The molecule has 0 spiro atoms. The fraction of sp³-hybridized carbons (Fsp3) is 0.357. The van der Waals surface area contributed by atoms with Crippen molar-refractivity contribution in [1.82, 2.24) is 0 Å². The van der Waals surface area contributed by atoms with Gasteiger partial charge < -0.3 is 0 Å². The number of hydrogen-bond donors (Lipinski definition) is 0. The predicted octanol–water partition coefficient (Wildman–Crippen LogP) is 2.11. The maximum atomic E-state index is 12.0. The predicted molar refractivity (Wildman–Crippen MR) is 69.4 cm³/mol. The molecule has 0 aromatic heterocycles. The van der Waals surface area contributed by atoms with Crippen LogP contribution in [-0.4, -0.2) is 22.3 Å². The van der Waals surface area contributed by atoms with Gasteiger partial charge in [0.25, 0.3) is 5.69 Å². The van der Waals surface area contributed by atoms with Crippen molar-refractivity contribution in [1.29, 1.82) is 0 Å². The van der Waals surface area contributed by atoms with E-state index in [0.29, 0.717) is 19.3 Å². The largest absolute Gasteiger partial charge is 0.299 e. The molecule has 1 fully saturated rings. The number of rotatable bonds is 4. The van der Waals surface area contributed by atoms with Crippen LogP contribution < -0.4 is 0 Å². The highest BCUT2D eigenvalue weighted by Gasteiger charge is 2.31. The van der Waals surface area contributed by atoms with Crippen LogP contribution in [0.1, 0.15) is 36.0 Å². The number of hydrogen-bond acceptors (Lipinski definition) is 5. The van der Waals surface area contributed by atoms with Gasteiger partial charge in [-0.1, -0.05) is 0 Å². The first-order valence-electron chi connectivity index (χ1n) is 6.32. The normalized spacial score (nSPS) is 16.2. The Kier molecular flexibility index (Phi) is 4.02. The van der Waals surface area contributed by atoms with Crippen LogP contribution in [0.2, 0.25) is 0 Å². The molecule has 6 nitrogen and oxygen atoms in total. The van der Waals surface area contributed by atoms with E-state index in [4.69, 9.17) is 0 Å². The van der Waals surface area contributed by atoms with E-state index >= 15 is 0 Å². The molecule has 20 heavy (non-hydrogen) atoms. The quantitative estimate of drug-likeness (QED) is 0.363. The molecule has 1 aromatic carbocycles. The number of carbonyl (C=O) groups excluding carboxylic acids is 3. The molecule has 0 atom stereocenters. The fourth-order valence-electron chi connectivity index (χ4n) is 2.26. The standard InChI is InChI=1S/C14H13NO5/c16-12-2-1-3-13(17)11(12)8-14(18)9-4-6-10(7-5-9)15(19)20/h4-7,11H,1-3,8H2. The van der Waals surface area contributed by atoms with Crippen molar-refractivity contribution in [3.05, 3.63) is 39.9 Å². The Balaban J connectivity index is 2.09. The Bertz CT molecular complexity index is 560. The molecule has 6 heteroatoms. The van der Waals surface area contributed by atoms with Crippen molar-refractivity contribution in [2.45, 2.75) is 25.7 Å². The van der Waals surface area contributed by atoms with Gasteiger partial charge in [-0.2, -0.15) is 0 Å². The molecule has 1 aliphatic rings. The average molecular weight is 275 g/mol. The average Bonchev–Trinajstić information content (AvgIpc) is 2.43. The Morgan fingerprint density at radius 1 is 1.15 bits per heavy atom. The molecule has 0 amide bonds. The van der Waals surface area contributed by atoms with E-state index in [1.807, 2.05) is 0 Å². The van der Waals surface area contributed by atoms with Crippen LogP contribution in [0.5, 0.6) is 0 Å². The summed E-state index contributed by atoms with van der Waals surface area (Å²) >= 11 is 0. The van der Waals surface area contributed by atoms with Crippen LogP contribution >= 0.6 is 0 Å². The van der Waals surface area contributed by atoms with Crippen LogP contribution in [-0.2, 0) is 9.59 Å². The Hall–Kier alpha value is -2.37. The lowest BCUT2D eigenvalue weighted by molar-refractivity contribution is -0.384. The SMILES string of the molecule is O=C(CC1C(=O)CCCC1=O)c1ccc([N+](=O)[O-])cc1. The highest BCUT2D eigenvalue weighted by molar-refractivity contribution is 6.09. The van der Waals surface area contributed by atoms with E-state index < -0.39 is 10.8 Å². The van der Waals surface area contributed by atoms with Gasteiger partial charge >= 0.3 is 0 Å². The van der Waals surface area contributed by atoms with Crippen LogP contribution in [0.15, 0.2) is 24.3 Å². The summed E-state index contributed by atoms with van der Waals surface area (Å²) < 4.78 is 0. The van der Waals surface area contributed by atoms with Crippen molar-refractivity contribution in [2.75, 3.05) is 0 Å². The van der Waals surface area contributed by atoms with Crippen LogP contribution in [0.25, 0.3) is 0 Å². The van der Waals surface area contributed by atoms with Gasteiger partial charge in [-0.15, -0.1) is 0 Å². The van der Waals surface area contributed by atoms with E-state index in [0.717, 1.165) is 0 Å². The summed E-state index contributed by atoms with van der Waals surface area (Å²) in [6.07, 6.45) is 1.09. The molecule has 0 bridgehead atoms. The second kappa shape index (κ2) is 5.73. The van der Waals surface area contributed by atoms with E-state index in [1.54, 1.807) is 0 Å². The first-order chi connectivity index (χ1) is 9.49. The van der Waals surface area contributed by atoms with Gasteiger partial charge in [0.2, 0.25) is 0 Å². The molecular formula is C14H13NO5. The third-order valence-electron chi connectivity index (χ3n) is 3.41. The monoisotopic (exact) mass is 275 g/mol. The molecule has 0 N–H and O–H groups in total. The van der Waals surface area contributed by atoms with Crippen molar-refractivity contribution in [2.24, 2.45) is 5.92 Å². The first kappa shape index (κ1) is 14.0. The molecule has 1 aromatic rings. The molecule has 0 heterocycles. The Morgan fingerprint density at radius 3 is 2.20 bits per heavy atom. The maximum absolute atomic E-state index is 12.0. The third-order valence-corrected chi connectivity index (χ3v) is 3.41. The van der Waals surface area contributed by atoms with Crippen LogP contribution in [0, 0.1) is 16.0 Å². The highest BCUT2D eigenvalue weighted by Crippen LogP contribution is 2.22. The van der Waals surface area contributed by atoms with Crippen molar-refractivity contribution < 1.29 is 19.3 Å². The Morgan fingerprint density at radius 2 is 1.70 bits per heavy atom. The van der Waals surface area contributed by atoms with Gasteiger partial charge in [0.1, 0.15) is 11.6 Å². The Labute approximate surface area is 114 Å². The van der Waals surface area contributed by atoms with Crippen LogP contribution in [0.3, 0.4) is 0 Å². The highest BCUT2D eigenvalue weighted by atomic mass is 16.6. The number of ketones is 3. The van der Waals surface area contributed by atoms with E-state index in [-0.39, 0.29) is 35.0 Å². The number of nitro benzene ring substituents is 1. The minimum absolute atomic E-state index is 0.105. The molecule has 1 aliphatic carbocycles. The minimum atomic E-state index is -0.841. The molecule has 0 saturated heterocycles. The van der Waals surface area contributed by atoms with E-state index in [2.05, 4.69) is 0 Å². The second-order valence-corrected chi connectivity index (χ2v) is 4.77. The maximum Gasteiger partial charge on any atom is 0.269 e. The summed E-state index contributed by atoms with van der Waals surface area (Å²) in [6, 6.07) is 5.16. The fourth-order valence-corrected chi connectivity index (χ4v) is 2.26. The summed E-state index contributed by atoms with van der Waals surface area (Å²) in [5.74, 6) is -1.55. The third kappa shape index (κ3) is 2.96. The molecule has 0 unspecified atom stereocenters. The van der Waals surface area contributed by atoms with Gasteiger partial charge in [0, 0.05) is 37.0 Å². The smallest absolute Gasteiger partial charge is 0.269 e. The molecule has 2 rings (SSSR count). The summed E-state index contributed by atoms with van der Waals surface area (Å²) in [5.41, 5.74) is 0.174. The summed E-state index contributed by atoms with van der Waals surface area (Å²) in [6.45, 7) is 0. The summed E-state index contributed by atoms with van der Waals surface area (Å²) in [4.78, 5) is 45.3. The van der Waals surface area contributed by atoms with Gasteiger partial charge in [-0.05, 0) is 18.6 Å². The molecule has 0 aliphatic heterocycles. The topological polar surface area (TPSA) is 94.3 Å². The lowest BCUT2D eigenvalue weighted by Crippen LogP contribution is -2.30. The minimum Gasteiger partial charge on any atom is -0.299 e. The van der Waals surface area contributed by atoms with Crippen LogP contribution in [0.4, 0.5) is 5.69 Å². The zero-order valence-electron chi connectivity index (χ0n) is 10.7. The van der Waals surface area contributed by atoms with E-state index in [9.17, 15) is 24.5 Å². The molecule has 104 valence electrons. The first-order valence-corrected chi connectivity index (χ1v) is 6.32. The molecule has 0 radical (unpaired) electrons. The number of nitrogens with zero attached hydrogens (tertiary/aromatic N) is 1. The number of non-ortho nitro benzene ring substituents is 1. The van der Waals surface area contributed by atoms with Gasteiger partial charge in [-0.25, -0.2) is 0 Å². The lowest BCUT2D eigenvalue weighted by Gasteiger charge is -2.18. The van der Waals surface area contributed by atoms with Crippen molar-refractivity contribution >= 4 is 23.0 Å². The number of carbonyl (C=O) groups is 3. The van der Waals surface area contributed by atoms with Gasteiger partial charge in [0.15, 0.2) is 5.78 Å². The zero-order valence-corrected chi connectivity index (χ0v) is 10.7. The zero-order chi connectivity index (χ0) is 14.7. The van der Waals surface area contributed by atoms with Crippen molar-refractivity contribution in [3.8, 4) is 0 Å². The molecule has 1 saturated carbocycles. The lowest BCUT2D eigenvalue weighted by atomic mass is 9.82. The van der Waals surface area contributed by atoms with Gasteiger partial charge in [0.05, 0.1) is 10.8 Å². The van der Waals surface area contributed by atoms with E-state index in [1.165, 1.54) is 24.3 Å². The number of Topliss-reactive ketones (excluding diaryl/α,β-unsaturated/α-hetero) is 3. The number of nitro groups is 1. The number of benzene rings is 1. The van der Waals surface area contributed by atoms with Gasteiger partial charge in [-0.3, -0.25) is 24.5 Å². The summed E-state index contributed by atoms with van der Waals surface area (Å²) in [7, 11) is 0. The molecular weight excluding hydrogens is 262 g/mol. The van der Waals surface area contributed by atoms with Crippen molar-refractivity contribution in [3.63, 3.8) is 0 Å². The summed E-state index contributed by atoms with van der Waals surface area (Å²) in [5, 5.41) is 10.5.